The van der Waals surface area contributed by atoms with Gasteiger partial charge in [-0.1, -0.05) is 12.1 Å². The minimum atomic E-state index is -4.47. The lowest BCUT2D eigenvalue weighted by atomic mass is 10.0. The fraction of sp³-hybridized carbons (Fsp3) is 0.364. The highest BCUT2D eigenvalue weighted by atomic mass is 19.4. The van der Waals surface area contributed by atoms with Crippen molar-refractivity contribution in [1.82, 2.24) is 4.90 Å². The lowest BCUT2D eigenvalue weighted by molar-refractivity contribution is -0.143. The number of aliphatic carboxylic acids is 1. The van der Waals surface area contributed by atoms with Gasteiger partial charge in [-0.2, -0.15) is 13.2 Å². The zero-order valence-electron chi connectivity index (χ0n) is 9.32. The minimum absolute atomic E-state index is 0.109. The Labute approximate surface area is 96.5 Å². The van der Waals surface area contributed by atoms with Crippen molar-refractivity contribution in [2.45, 2.75) is 12.2 Å². The maximum atomic E-state index is 12.5. The van der Waals surface area contributed by atoms with E-state index in [4.69, 9.17) is 5.11 Å². The Hall–Kier alpha value is -1.56. The zero-order valence-corrected chi connectivity index (χ0v) is 9.32. The number of hydrogen-bond acceptors (Lipinski definition) is 2. The number of carboxylic acid groups (broad SMARTS) is 1. The van der Waals surface area contributed by atoms with Crippen LogP contribution in [-0.2, 0) is 11.0 Å². The maximum Gasteiger partial charge on any atom is 0.416 e. The van der Waals surface area contributed by atoms with Gasteiger partial charge in [0, 0.05) is 0 Å². The van der Waals surface area contributed by atoms with Gasteiger partial charge in [0.25, 0.3) is 0 Å². The van der Waals surface area contributed by atoms with Crippen LogP contribution in [0.25, 0.3) is 0 Å². The van der Waals surface area contributed by atoms with E-state index in [1.807, 2.05) is 0 Å². The predicted molar refractivity (Wildman–Crippen MR) is 55.5 cm³/mol. The van der Waals surface area contributed by atoms with Gasteiger partial charge in [0.1, 0.15) is 6.04 Å². The molecular weight excluding hydrogens is 235 g/mol. The van der Waals surface area contributed by atoms with Gasteiger partial charge in [-0.15, -0.1) is 0 Å². The van der Waals surface area contributed by atoms with E-state index in [1.54, 1.807) is 0 Å². The van der Waals surface area contributed by atoms with Crippen molar-refractivity contribution in [3.63, 3.8) is 0 Å². The molecular formula is C11H12F3NO2. The van der Waals surface area contributed by atoms with Crippen molar-refractivity contribution in [1.29, 1.82) is 0 Å². The number of benzene rings is 1. The molecule has 1 N–H and O–H groups in total. The number of halogens is 3. The monoisotopic (exact) mass is 247 g/mol. The Bertz CT molecular complexity index is 415. The van der Waals surface area contributed by atoms with Gasteiger partial charge in [-0.3, -0.25) is 9.69 Å². The maximum absolute atomic E-state index is 12.5. The van der Waals surface area contributed by atoms with Crippen LogP contribution in [0.1, 0.15) is 17.2 Å². The van der Waals surface area contributed by atoms with Crippen LogP contribution in [0.2, 0.25) is 0 Å². The second-order valence-corrected chi connectivity index (χ2v) is 3.83. The van der Waals surface area contributed by atoms with Gasteiger partial charge >= 0.3 is 12.1 Å². The lowest BCUT2D eigenvalue weighted by Gasteiger charge is -2.21. The van der Waals surface area contributed by atoms with Crippen molar-refractivity contribution in [2.75, 3.05) is 14.1 Å². The number of hydrogen-bond donors (Lipinski definition) is 1. The van der Waals surface area contributed by atoms with Crippen LogP contribution in [0.4, 0.5) is 13.2 Å². The summed E-state index contributed by atoms with van der Waals surface area (Å²) in [5.41, 5.74) is -0.736. The van der Waals surface area contributed by atoms with Gasteiger partial charge in [0.05, 0.1) is 5.56 Å². The molecule has 0 unspecified atom stereocenters. The molecule has 3 nitrogen and oxygen atoms in total. The van der Waals surface area contributed by atoms with Crippen LogP contribution < -0.4 is 0 Å². The molecule has 1 aromatic rings. The van der Waals surface area contributed by atoms with Crippen molar-refractivity contribution < 1.29 is 23.1 Å². The minimum Gasteiger partial charge on any atom is -0.480 e. The Morgan fingerprint density at radius 1 is 1.35 bits per heavy atom. The quantitative estimate of drug-likeness (QED) is 0.891. The van der Waals surface area contributed by atoms with E-state index in [1.165, 1.54) is 31.1 Å². The molecule has 0 aliphatic carbocycles. The van der Waals surface area contributed by atoms with Crippen LogP contribution in [0.3, 0.4) is 0 Å². The lowest BCUT2D eigenvalue weighted by Crippen LogP contribution is -2.27. The van der Waals surface area contributed by atoms with Crippen LogP contribution in [0.5, 0.6) is 0 Å². The molecule has 6 heteroatoms. The van der Waals surface area contributed by atoms with E-state index in [2.05, 4.69) is 0 Å². The summed E-state index contributed by atoms with van der Waals surface area (Å²) in [5, 5.41) is 8.97. The summed E-state index contributed by atoms with van der Waals surface area (Å²) in [6.45, 7) is 0. The summed E-state index contributed by atoms with van der Waals surface area (Å²) < 4.78 is 37.4. The van der Waals surface area contributed by atoms with Crippen molar-refractivity contribution >= 4 is 5.97 Å². The van der Waals surface area contributed by atoms with Crippen molar-refractivity contribution in [2.24, 2.45) is 0 Å². The van der Waals surface area contributed by atoms with Crippen LogP contribution in [-0.4, -0.2) is 30.1 Å². The number of alkyl halides is 3. The number of likely N-dealkylation sites (N-methyl/N-ethyl adjacent to an activating group) is 1. The third kappa shape index (κ3) is 3.20. The largest absolute Gasteiger partial charge is 0.480 e. The molecule has 0 fully saturated rings. The first kappa shape index (κ1) is 13.5. The number of rotatable bonds is 3. The molecule has 94 valence electrons. The SMILES string of the molecule is CN(C)[C@H](C(=O)O)c1cccc(C(F)(F)F)c1. The number of carbonyl (C=O) groups is 1. The fourth-order valence-corrected chi connectivity index (χ4v) is 1.55. The molecule has 1 rings (SSSR count). The first-order valence-corrected chi connectivity index (χ1v) is 4.80. The number of carboxylic acids is 1. The van der Waals surface area contributed by atoms with Gasteiger partial charge < -0.3 is 5.11 Å². The smallest absolute Gasteiger partial charge is 0.416 e. The summed E-state index contributed by atoms with van der Waals surface area (Å²) in [5.74, 6) is -1.19. The molecule has 0 heterocycles. The Balaban J connectivity index is 3.18. The fourth-order valence-electron chi connectivity index (χ4n) is 1.55. The summed E-state index contributed by atoms with van der Waals surface area (Å²) >= 11 is 0. The normalized spacial score (nSPS) is 13.8. The molecule has 0 saturated heterocycles. The van der Waals surface area contributed by atoms with Crippen LogP contribution in [0, 0.1) is 0 Å². The Kier molecular flexibility index (Phi) is 3.77. The van der Waals surface area contributed by atoms with E-state index >= 15 is 0 Å². The Morgan fingerprint density at radius 3 is 2.35 bits per heavy atom. The summed E-state index contributed by atoms with van der Waals surface area (Å²) in [7, 11) is 3.00. The molecule has 0 amide bonds. The molecule has 0 bridgehead atoms. The summed E-state index contributed by atoms with van der Waals surface area (Å²) in [6, 6.07) is 3.26. The van der Waals surface area contributed by atoms with E-state index in [0.29, 0.717) is 0 Å². The van der Waals surface area contributed by atoms with E-state index < -0.39 is 23.8 Å². The highest BCUT2D eigenvalue weighted by Gasteiger charge is 2.32. The van der Waals surface area contributed by atoms with Gasteiger partial charge in [-0.05, 0) is 31.8 Å². The highest BCUT2D eigenvalue weighted by Crippen LogP contribution is 2.31. The van der Waals surface area contributed by atoms with E-state index in [0.717, 1.165) is 12.1 Å². The second kappa shape index (κ2) is 4.75. The molecule has 0 spiro atoms. The third-order valence-corrected chi connectivity index (χ3v) is 2.28. The van der Waals surface area contributed by atoms with E-state index in [9.17, 15) is 18.0 Å². The third-order valence-electron chi connectivity index (χ3n) is 2.28. The average Bonchev–Trinajstić information content (AvgIpc) is 2.15. The van der Waals surface area contributed by atoms with E-state index in [-0.39, 0.29) is 5.56 Å². The molecule has 17 heavy (non-hydrogen) atoms. The molecule has 1 aromatic carbocycles. The molecule has 0 aliphatic rings. The molecule has 0 aliphatic heterocycles. The van der Waals surface area contributed by atoms with Gasteiger partial charge in [0.2, 0.25) is 0 Å². The summed E-state index contributed by atoms with van der Waals surface area (Å²) in [4.78, 5) is 12.3. The van der Waals surface area contributed by atoms with Crippen molar-refractivity contribution in [3.05, 3.63) is 35.4 Å². The topological polar surface area (TPSA) is 40.5 Å². The van der Waals surface area contributed by atoms with Crippen LogP contribution in [0.15, 0.2) is 24.3 Å². The van der Waals surface area contributed by atoms with Gasteiger partial charge in [0.15, 0.2) is 0 Å². The molecule has 0 saturated carbocycles. The molecule has 0 radical (unpaired) electrons. The number of nitrogens with zero attached hydrogens (tertiary/aromatic N) is 1. The van der Waals surface area contributed by atoms with Gasteiger partial charge in [-0.25, -0.2) is 0 Å². The standard InChI is InChI=1S/C11H12F3NO2/c1-15(2)9(10(16)17)7-4-3-5-8(6-7)11(12,13)14/h3-6,9H,1-2H3,(H,16,17)/t9-/m0/s1. The molecule has 0 aromatic heterocycles. The Morgan fingerprint density at radius 2 is 1.94 bits per heavy atom. The zero-order chi connectivity index (χ0) is 13.2. The van der Waals surface area contributed by atoms with Crippen molar-refractivity contribution in [3.8, 4) is 0 Å². The first-order chi connectivity index (χ1) is 7.73. The second-order valence-electron chi connectivity index (χ2n) is 3.83. The summed E-state index contributed by atoms with van der Waals surface area (Å²) in [6.07, 6.45) is -4.47. The average molecular weight is 247 g/mol. The predicted octanol–water partition coefficient (Wildman–Crippen LogP) is 2.39. The highest BCUT2D eigenvalue weighted by molar-refractivity contribution is 5.75. The first-order valence-electron chi connectivity index (χ1n) is 4.80. The van der Waals surface area contributed by atoms with Crippen LogP contribution >= 0.6 is 0 Å². The molecule has 1 atom stereocenters.